The number of carbonyl (C=O) groups excluding carboxylic acids is 1. The van der Waals surface area contributed by atoms with Crippen LogP contribution in [0.3, 0.4) is 0 Å². The van der Waals surface area contributed by atoms with Gasteiger partial charge in [-0.15, -0.1) is 0 Å². The van der Waals surface area contributed by atoms with Crippen molar-refractivity contribution >= 4 is 39.0 Å². The highest BCUT2D eigenvalue weighted by atomic mass is 79.9. The molecule has 29 heavy (non-hydrogen) atoms. The number of aromatic nitrogens is 2. The van der Waals surface area contributed by atoms with Gasteiger partial charge in [-0.25, -0.2) is 9.78 Å². The summed E-state index contributed by atoms with van der Waals surface area (Å²) in [6.45, 7) is 1.87. The summed E-state index contributed by atoms with van der Waals surface area (Å²) in [7, 11) is 1.31. The van der Waals surface area contributed by atoms with E-state index in [0.717, 1.165) is 16.5 Å². The zero-order valence-corrected chi connectivity index (χ0v) is 17.7. The molecule has 0 saturated heterocycles. The topological polar surface area (TPSA) is 82.8 Å². The van der Waals surface area contributed by atoms with Gasteiger partial charge in [0.05, 0.1) is 24.2 Å². The van der Waals surface area contributed by atoms with E-state index in [4.69, 9.17) is 4.74 Å². The molecule has 0 radical (unpaired) electrons. The fraction of sp³-hybridized carbons (Fsp3) is 0.238. The molecule has 1 aromatic heterocycles. The first-order valence-electron chi connectivity index (χ1n) is 9.07. The Morgan fingerprint density at radius 3 is 2.69 bits per heavy atom. The Hall–Kier alpha value is -3.00. The third-order valence-corrected chi connectivity index (χ3v) is 4.63. The molecule has 0 aliphatic rings. The minimum atomic E-state index is -0.450. The molecular formula is C21H20BrN3O4. The summed E-state index contributed by atoms with van der Waals surface area (Å²) in [5, 5.41) is 4.88. The van der Waals surface area contributed by atoms with E-state index in [1.807, 2.05) is 19.1 Å². The number of benzene rings is 2. The molecular weight excluding hydrogens is 438 g/mol. The largest absolute Gasteiger partial charge is 0.482 e. The molecule has 3 aromatic rings. The van der Waals surface area contributed by atoms with Crippen molar-refractivity contribution in [2.24, 2.45) is 5.10 Å². The number of nitrogens with zero attached hydrogens (tertiary/aromatic N) is 3. The fourth-order valence-corrected chi connectivity index (χ4v) is 3.04. The van der Waals surface area contributed by atoms with Gasteiger partial charge in [0.15, 0.2) is 6.61 Å². The molecule has 0 fully saturated rings. The van der Waals surface area contributed by atoms with Crippen molar-refractivity contribution in [1.29, 1.82) is 0 Å². The highest BCUT2D eigenvalue weighted by molar-refractivity contribution is 9.10. The van der Waals surface area contributed by atoms with Gasteiger partial charge in [-0.2, -0.15) is 9.78 Å². The van der Waals surface area contributed by atoms with Gasteiger partial charge in [-0.3, -0.25) is 4.79 Å². The Morgan fingerprint density at radius 2 is 2.00 bits per heavy atom. The lowest BCUT2D eigenvalue weighted by atomic mass is 10.2. The average Bonchev–Trinajstić information content (AvgIpc) is 2.73. The van der Waals surface area contributed by atoms with Gasteiger partial charge in [-0.1, -0.05) is 22.9 Å². The number of aryl methyl sites for hydroxylation is 1. The van der Waals surface area contributed by atoms with Crippen molar-refractivity contribution in [2.75, 3.05) is 13.7 Å². The van der Waals surface area contributed by atoms with Crippen molar-refractivity contribution in [3.05, 3.63) is 68.7 Å². The number of methoxy groups -OCH3 is 1. The zero-order valence-electron chi connectivity index (χ0n) is 16.1. The predicted octanol–water partition coefficient (Wildman–Crippen LogP) is 3.55. The van der Waals surface area contributed by atoms with Crippen LogP contribution in [0.15, 0.2) is 56.8 Å². The van der Waals surface area contributed by atoms with Crippen LogP contribution in [0.1, 0.15) is 24.7 Å². The summed E-state index contributed by atoms with van der Waals surface area (Å²) < 4.78 is 12.0. The van der Waals surface area contributed by atoms with Crippen LogP contribution in [-0.2, 0) is 16.0 Å². The fourth-order valence-electron chi connectivity index (χ4n) is 2.67. The van der Waals surface area contributed by atoms with Crippen LogP contribution in [0.2, 0.25) is 0 Å². The van der Waals surface area contributed by atoms with E-state index in [9.17, 15) is 9.59 Å². The summed E-state index contributed by atoms with van der Waals surface area (Å²) in [5.41, 5.74) is 1.22. The maximum atomic E-state index is 13.0. The molecule has 0 bridgehead atoms. The third-order valence-electron chi connectivity index (χ3n) is 4.14. The monoisotopic (exact) mass is 457 g/mol. The summed E-state index contributed by atoms with van der Waals surface area (Å²) >= 11 is 3.39. The smallest absolute Gasteiger partial charge is 0.343 e. The van der Waals surface area contributed by atoms with Gasteiger partial charge in [0, 0.05) is 10.9 Å². The van der Waals surface area contributed by atoms with Crippen LogP contribution in [0.4, 0.5) is 0 Å². The van der Waals surface area contributed by atoms with E-state index in [0.29, 0.717) is 28.9 Å². The van der Waals surface area contributed by atoms with Gasteiger partial charge in [0.25, 0.3) is 5.56 Å². The summed E-state index contributed by atoms with van der Waals surface area (Å²) in [6.07, 6.45) is 3.07. The van der Waals surface area contributed by atoms with E-state index in [-0.39, 0.29) is 12.2 Å². The van der Waals surface area contributed by atoms with Crippen LogP contribution in [0, 0.1) is 0 Å². The van der Waals surface area contributed by atoms with Gasteiger partial charge in [0.2, 0.25) is 0 Å². The molecule has 0 saturated carbocycles. The number of carbonyl (C=O) groups is 1. The van der Waals surface area contributed by atoms with Crippen molar-refractivity contribution in [2.45, 2.75) is 19.8 Å². The first kappa shape index (κ1) is 20.7. The van der Waals surface area contributed by atoms with Crippen molar-refractivity contribution in [1.82, 2.24) is 9.66 Å². The van der Waals surface area contributed by atoms with Gasteiger partial charge >= 0.3 is 5.97 Å². The lowest BCUT2D eigenvalue weighted by Crippen LogP contribution is -2.22. The quantitative estimate of drug-likeness (QED) is 0.400. The Labute approximate surface area is 176 Å². The van der Waals surface area contributed by atoms with E-state index in [2.05, 4.69) is 30.8 Å². The number of halogens is 1. The number of rotatable bonds is 7. The Kier molecular flexibility index (Phi) is 6.77. The molecule has 0 aliphatic carbocycles. The minimum Gasteiger partial charge on any atom is -0.482 e. The molecule has 7 nitrogen and oxygen atoms in total. The molecule has 2 aromatic carbocycles. The highest BCUT2D eigenvalue weighted by Crippen LogP contribution is 2.17. The lowest BCUT2D eigenvalue weighted by Gasteiger charge is -2.09. The molecule has 1 heterocycles. The van der Waals surface area contributed by atoms with Crippen LogP contribution >= 0.6 is 15.9 Å². The minimum absolute atomic E-state index is 0.155. The second-order valence-corrected chi connectivity index (χ2v) is 7.15. The Bertz CT molecular complexity index is 1110. The number of hydrogen-bond donors (Lipinski definition) is 0. The second kappa shape index (κ2) is 9.47. The molecule has 0 atom stereocenters. The van der Waals surface area contributed by atoms with Crippen molar-refractivity contribution in [3.8, 4) is 5.75 Å². The Morgan fingerprint density at radius 1 is 1.24 bits per heavy atom. The average molecular weight is 458 g/mol. The number of esters is 1. The second-order valence-electron chi connectivity index (χ2n) is 6.23. The van der Waals surface area contributed by atoms with E-state index < -0.39 is 5.97 Å². The van der Waals surface area contributed by atoms with E-state index in [1.54, 1.807) is 36.5 Å². The van der Waals surface area contributed by atoms with E-state index in [1.165, 1.54) is 11.8 Å². The maximum Gasteiger partial charge on any atom is 0.343 e. The Balaban J connectivity index is 1.89. The molecule has 8 heteroatoms. The maximum absolute atomic E-state index is 13.0. The van der Waals surface area contributed by atoms with Crippen molar-refractivity contribution in [3.63, 3.8) is 0 Å². The first-order valence-corrected chi connectivity index (χ1v) is 9.86. The lowest BCUT2D eigenvalue weighted by molar-refractivity contribution is -0.142. The normalized spacial score (nSPS) is 11.1. The number of ether oxygens (including phenoxy) is 2. The molecule has 0 unspecified atom stereocenters. The standard InChI is InChI=1S/C21H20BrN3O4/c1-3-4-19-24-18-10-7-15(22)11-17(18)21(27)25(19)23-12-14-5-8-16(9-6-14)29-13-20(26)28-2/h5-12H,3-4,13H2,1-2H3. The van der Waals surface area contributed by atoms with Gasteiger partial charge < -0.3 is 9.47 Å². The van der Waals surface area contributed by atoms with Crippen LogP contribution in [0.5, 0.6) is 5.75 Å². The molecule has 0 spiro atoms. The molecule has 0 amide bonds. The number of hydrogen-bond acceptors (Lipinski definition) is 6. The van der Waals surface area contributed by atoms with E-state index >= 15 is 0 Å². The van der Waals surface area contributed by atoms with Gasteiger partial charge in [-0.05, 0) is 54.4 Å². The molecule has 150 valence electrons. The molecule has 0 N–H and O–H groups in total. The van der Waals surface area contributed by atoms with Gasteiger partial charge in [0.1, 0.15) is 11.6 Å². The predicted molar refractivity (Wildman–Crippen MR) is 115 cm³/mol. The first-order chi connectivity index (χ1) is 14.0. The number of fused-ring (bicyclic) bond motifs is 1. The summed E-state index contributed by atoms with van der Waals surface area (Å²) in [5.74, 6) is 0.698. The zero-order chi connectivity index (χ0) is 20.8. The highest BCUT2D eigenvalue weighted by Gasteiger charge is 2.10. The summed E-state index contributed by atoms with van der Waals surface area (Å²) in [4.78, 5) is 28.7. The summed E-state index contributed by atoms with van der Waals surface area (Å²) in [6, 6.07) is 12.4. The SMILES string of the molecule is CCCc1nc2ccc(Br)cc2c(=O)n1N=Cc1ccc(OCC(=O)OC)cc1. The van der Waals surface area contributed by atoms with Crippen LogP contribution < -0.4 is 10.3 Å². The van der Waals surface area contributed by atoms with Crippen LogP contribution in [0.25, 0.3) is 10.9 Å². The third kappa shape index (κ3) is 5.08. The van der Waals surface area contributed by atoms with Crippen molar-refractivity contribution < 1.29 is 14.3 Å². The van der Waals surface area contributed by atoms with Crippen LogP contribution in [-0.4, -0.2) is 35.6 Å². The molecule has 0 aliphatic heterocycles. The molecule has 3 rings (SSSR count).